The first kappa shape index (κ1) is 12.5. The van der Waals surface area contributed by atoms with E-state index < -0.39 is 0 Å². The normalized spacial score (nSPS) is 10.2. The molecule has 4 nitrogen and oxygen atoms in total. The second kappa shape index (κ2) is 6.12. The van der Waals surface area contributed by atoms with Gasteiger partial charge in [0, 0.05) is 24.7 Å². The molecular formula is C12H18N2O2. The van der Waals surface area contributed by atoms with Crippen molar-refractivity contribution in [1.29, 1.82) is 0 Å². The minimum Gasteiger partial charge on any atom is -0.491 e. The fraction of sp³-hybridized carbons (Fsp3) is 0.417. The van der Waals surface area contributed by atoms with Crippen LogP contribution in [0.3, 0.4) is 0 Å². The molecule has 88 valence electrons. The highest BCUT2D eigenvalue weighted by Crippen LogP contribution is 2.18. The van der Waals surface area contributed by atoms with Gasteiger partial charge in [-0.05, 0) is 26.0 Å². The van der Waals surface area contributed by atoms with Crippen molar-refractivity contribution in [2.45, 2.75) is 26.4 Å². The van der Waals surface area contributed by atoms with Crippen LogP contribution in [0.15, 0.2) is 24.3 Å². The molecule has 0 atom stereocenters. The molecule has 0 saturated heterocycles. The second-order valence-electron chi connectivity index (χ2n) is 3.78. The van der Waals surface area contributed by atoms with Crippen LogP contribution in [0.25, 0.3) is 0 Å². The average molecular weight is 222 g/mol. The smallest absolute Gasteiger partial charge is 0.225 e. The molecule has 0 bridgehead atoms. The number of nitrogens with two attached hydrogens (primary N) is 1. The molecule has 1 rings (SSSR count). The molecule has 0 aromatic heterocycles. The number of hydrogen-bond donors (Lipinski definition) is 2. The number of amides is 1. The maximum Gasteiger partial charge on any atom is 0.225 e. The van der Waals surface area contributed by atoms with Crippen molar-refractivity contribution >= 4 is 11.6 Å². The van der Waals surface area contributed by atoms with Crippen LogP contribution in [0, 0.1) is 0 Å². The fourth-order valence-corrected chi connectivity index (χ4v) is 1.27. The molecule has 0 radical (unpaired) electrons. The first-order chi connectivity index (χ1) is 7.61. The maximum absolute atomic E-state index is 11.3. The molecule has 4 heteroatoms. The molecule has 1 aromatic rings. The Labute approximate surface area is 95.8 Å². The molecule has 1 amide bonds. The molecule has 16 heavy (non-hydrogen) atoms. The number of carbonyl (C=O) groups is 1. The molecule has 0 aliphatic rings. The van der Waals surface area contributed by atoms with E-state index in [2.05, 4.69) is 5.32 Å². The third kappa shape index (κ3) is 4.31. The van der Waals surface area contributed by atoms with Crippen LogP contribution < -0.4 is 15.8 Å². The van der Waals surface area contributed by atoms with Crippen LogP contribution in [0.1, 0.15) is 20.3 Å². The van der Waals surface area contributed by atoms with E-state index in [4.69, 9.17) is 10.5 Å². The van der Waals surface area contributed by atoms with Gasteiger partial charge in [-0.2, -0.15) is 0 Å². The standard InChI is InChI=1S/C12H18N2O2/c1-9(2)16-11-5-3-4-10(8-11)14-12(15)6-7-13/h3-5,8-9H,6-7,13H2,1-2H3,(H,14,15). The quantitative estimate of drug-likeness (QED) is 0.798. The SMILES string of the molecule is CC(C)Oc1cccc(NC(=O)CCN)c1. The van der Waals surface area contributed by atoms with Gasteiger partial charge >= 0.3 is 0 Å². The van der Waals surface area contributed by atoms with Gasteiger partial charge in [0.15, 0.2) is 0 Å². The van der Waals surface area contributed by atoms with Crippen LogP contribution in [-0.4, -0.2) is 18.6 Å². The van der Waals surface area contributed by atoms with Gasteiger partial charge in [-0.3, -0.25) is 4.79 Å². The van der Waals surface area contributed by atoms with E-state index in [0.29, 0.717) is 13.0 Å². The van der Waals surface area contributed by atoms with Crippen molar-refractivity contribution < 1.29 is 9.53 Å². The Balaban J connectivity index is 2.63. The molecule has 0 saturated carbocycles. The van der Waals surface area contributed by atoms with Gasteiger partial charge in [0.2, 0.25) is 5.91 Å². The Kier molecular flexibility index (Phi) is 4.79. The summed E-state index contributed by atoms with van der Waals surface area (Å²) >= 11 is 0. The summed E-state index contributed by atoms with van der Waals surface area (Å²) in [6.07, 6.45) is 0.449. The number of nitrogens with one attached hydrogen (secondary N) is 1. The van der Waals surface area contributed by atoms with Crippen LogP contribution >= 0.6 is 0 Å². The summed E-state index contributed by atoms with van der Waals surface area (Å²) in [6.45, 7) is 4.27. The van der Waals surface area contributed by atoms with Gasteiger partial charge in [-0.1, -0.05) is 6.07 Å². The van der Waals surface area contributed by atoms with Crippen LogP contribution in [0.5, 0.6) is 5.75 Å². The third-order valence-corrected chi connectivity index (χ3v) is 1.86. The topological polar surface area (TPSA) is 64.3 Å². The average Bonchev–Trinajstić information content (AvgIpc) is 2.17. The maximum atomic E-state index is 11.3. The van der Waals surface area contributed by atoms with E-state index in [1.807, 2.05) is 32.0 Å². The van der Waals surface area contributed by atoms with Crippen molar-refractivity contribution in [3.05, 3.63) is 24.3 Å². The Bertz CT molecular complexity index is 351. The van der Waals surface area contributed by atoms with Crippen molar-refractivity contribution in [1.82, 2.24) is 0 Å². The summed E-state index contributed by atoms with van der Waals surface area (Å²) in [5.74, 6) is 0.671. The number of rotatable bonds is 5. The highest BCUT2D eigenvalue weighted by atomic mass is 16.5. The lowest BCUT2D eigenvalue weighted by Crippen LogP contribution is -2.16. The largest absolute Gasteiger partial charge is 0.491 e. The lowest BCUT2D eigenvalue weighted by molar-refractivity contribution is -0.116. The zero-order valence-corrected chi connectivity index (χ0v) is 9.69. The van der Waals surface area contributed by atoms with Crippen LogP contribution in [0.4, 0.5) is 5.69 Å². The van der Waals surface area contributed by atoms with Crippen LogP contribution in [0.2, 0.25) is 0 Å². The highest BCUT2D eigenvalue weighted by molar-refractivity contribution is 5.90. The monoisotopic (exact) mass is 222 g/mol. The molecule has 0 fully saturated rings. The van der Waals surface area contributed by atoms with Gasteiger partial charge in [-0.25, -0.2) is 0 Å². The first-order valence-electron chi connectivity index (χ1n) is 5.38. The Hall–Kier alpha value is -1.55. The lowest BCUT2D eigenvalue weighted by Gasteiger charge is -2.11. The zero-order valence-electron chi connectivity index (χ0n) is 9.69. The molecule has 0 aliphatic heterocycles. The number of anilines is 1. The second-order valence-corrected chi connectivity index (χ2v) is 3.78. The van der Waals surface area contributed by atoms with Crippen LogP contribution in [-0.2, 0) is 4.79 Å². The Morgan fingerprint density at radius 3 is 2.88 bits per heavy atom. The van der Waals surface area contributed by atoms with Gasteiger partial charge in [0.1, 0.15) is 5.75 Å². The van der Waals surface area contributed by atoms with Crippen molar-refractivity contribution in [2.75, 3.05) is 11.9 Å². The van der Waals surface area contributed by atoms with Crippen molar-refractivity contribution in [3.63, 3.8) is 0 Å². The van der Waals surface area contributed by atoms with Crippen molar-refractivity contribution in [3.8, 4) is 5.75 Å². The third-order valence-electron chi connectivity index (χ3n) is 1.86. The first-order valence-corrected chi connectivity index (χ1v) is 5.38. The van der Waals surface area contributed by atoms with E-state index in [1.54, 1.807) is 6.07 Å². The molecule has 0 spiro atoms. The number of hydrogen-bond acceptors (Lipinski definition) is 3. The minimum absolute atomic E-state index is 0.0794. The Morgan fingerprint density at radius 1 is 1.50 bits per heavy atom. The summed E-state index contributed by atoms with van der Waals surface area (Å²) in [6, 6.07) is 7.32. The molecular weight excluding hydrogens is 204 g/mol. The van der Waals surface area contributed by atoms with E-state index in [0.717, 1.165) is 11.4 Å². The summed E-state index contributed by atoms with van der Waals surface area (Å²) in [7, 11) is 0. The number of benzene rings is 1. The van der Waals surface area contributed by atoms with Crippen molar-refractivity contribution in [2.24, 2.45) is 5.73 Å². The van der Waals surface area contributed by atoms with Gasteiger partial charge in [-0.15, -0.1) is 0 Å². The summed E-state index contributed by atoms with van der Waals surface area (Å²) < 4.78 is 5.52. The number of ether oxygens (including phenoxy) is 1. The van der Waals surface area contributed by atoms with Gasteiger partial charge in [0.25, 0.3) is 0 Å². The molecule has 0 aliphatic carbocycles. The molecule has 0 heterocycles. The molecule has 1 aromatic carbocycles. The van der Waals surface area contributed by atoms with E-state index >= 15 is 0 Å². The van der Waals surface area contributed by atoms with E-state index in [9.17, 15) is 4.79 Å². The van der Waals surface area contributed by atoms with Gasteiger partial charge in [0.05, 0.1) is 6.10 Å². The predicted molar refractivity (Wildman–Crippen MR) is 64.5 cm³/mol. The van der Waals surface area contributed by atoms with E-state index in [1.165, 1.54) is 0 Å². The van der Waals surface area contributed by atoms with E-state index in [-0.39, 0.29) is 12.0 Å². The zero-order chi connectivity index (χ0) is 12.0. The van der Waals surface area contributed by atoms with Gasteiger partial charge < -0.3 is 15.8 Å². The molecule has 0 unspecified atom stereocenters. The molecule has 3 N–H and O–H groups in total. The summed E-state index contributed by atoms with van der Waals surface area (Å²) in [4.78, 5) is 11.3. The number of carbonyl (C=O) groups excluding carboxylic acids is 1. The summed E-state index contributed by atoms with van der Waals surface area (Å²) in [5, 5.41) is 2.76. The lowest BCUT2D eigenvalue weighted by atomic mass is 10.3. The highest BCUT2D eigenvalue weighted by Gasteiger charge is 2.02. The Morgan fingerprint density at radius 2 is 2.25 bits per heavy atom. The fourth-order valence-electron chi connectivity index (χ4n) is 1.27. The predicted octanol–water partition coefficient (Wildman–Crippen LogP) is 1.76. The minimum atomic E-state index is -0.0794. The summed E-state index contributed by atoms with van der Waals surface area (Å²) in [5.41, 5.74) is 6.03.